The number of pyridine rings is 2. The highest BCUT2D eigenvalue weighted by molar-refractivity contribution is 9.10. The van der Waals surface area contributed by atoms with Crippen molar-refractivity contribution in [1.82, 2.24) is 9.97 Å². The van der Waals surface area contributed by atoms with Crippen molar-refractivity contribution in [3.05, 3.63) is 40.8 Å². The lowest BCUT2D eigenvalue weighted by atomic mass is 10.1. The van der Waals surface area contributed by atoms with Crippen LogP contribution in [-0.2, 0) is 0 Å². The molecule has 0 aliphatic carbocycles. The standard InChI is InChI=1S/C12H11BrN2O/c1-8-10(9-3-5-14-6-4-9)7-11(13)12(15-8)16-2/h3-7H,1-2H3. The van der Waals surface area contributed by atoms with Crippen molar-refractivity contribution < 1.29 is 4.74 Å². The number of rotatable bonds is 2. The molecule has 0 amide bonds. The molecule has 2 aromatic rings. The first-order valence-electron chi connectivity index (χ1n) is 4.84. The number of aromatic nitrogens is 2. The summed E-state index contributed by atoms with van der Waals surface area (Å²) in [6.45, 7) is 1.96. The Hall–Kier alpha value is -1.42. The van der Waals surface area contributed by atoms with Crippen LogP contribution in [0.1, 0.15) is 5.69 Å². The van der Waals surface area contributed by atoms with Gasteiger partial charge >= 0.3 is 0 Å². The molecule has 16 heavy (non-hydrogen) atoms. The zero-order valence-electron chi connectivity index (χ0n) is 9.07. The molecule has 0 spiro atoms. The lowest BCUT2D eigenvalue weighted by Gasteiger charge is -2.09. The summed E-state index contributed by atoms with van der Waals surface area (Å²) < 4.78 is 6.00. The Kier molecular flexibility index (Phi) is 3.19. The molecule has 0 aliphatic heterocycles. The second kappa shape index (κ2) is 4.61. The van der Waals surface area contributed by atoms with Crippen LogP contribution >= 0.6 is 15.9 Å². The maximum Gasteiger partial charge on any atom is 0.227 e. The average Bonchev–Trinajstić information content (AvgIpc) is 2.32. The molecule has 0 saturated carbocycles. The highest BCUT2D eigenvalue weighted by Crippen LogP contribution is 2.30. The molecule has 3 nitrogen and oxygen atoms in total. The van der Waals surface area contributed by atoms with Crippen LogP contribution in [0.3, 0.4) is 0 Å². The van der Waals surface area contributed by atoms with E-state index in [1.807, 2.05) is 25.1 Å². The molecule has 0 unspecified atom stereocenters. The van der Waals surface area contributed by atoms with E-state index in [4.69, 9.17) is 4.74 Å². The van der Waals surface area contributed by atoms with Crippen molar-refractivity contribution in [1.29, 1.82) is 0 Å². The Morgan fingerprint density at radius 2 is 1.94 bits per heavy atom. The topological polar surface area (TPSA) is 35.0 Å². The van der Waals surface area contributed by atoms with E-state index < -0.39 is 0 Å². The van der Waals surface area contributed by atoms with Crippen LogP contribution in [0.5, 0.6) is 5.88 Å². The van der Waals surface area contributed by atoms with Gasteiger partial charge in [0.1, 0.15) is 0 Å². The van der Waals surface area contributed by atoms with Gasteiger partial charge in [-0.3, -0.25) is 4.98 Å². The monoisotopic (exact) mass is 278 g/mol. The van der Waals surface area contributed by atoms with Crippen LogP contribution in [0.25, 0.3) is 11.1 Å². The number of nitrogens with zero attached hydrogens (tertiary/aromatic N) is 2. The van der Waals surface area contributed by atoms with E-state index in [1.54, 1.807) is 19.5 Å². The number of hydrogen-bond donors (Lipinski definition) is 0. The Morgan fingerprint density at radius 3 is 2.56 bits per heavy atom. The van der Waals surface area contributed by atoms with Crippen molar-refractivity contribution in [3.63, 3.8) is 0 Å². The average molecular weight is 279 g/mol. The minimum atomic E-state index is 0.607. The van der Waals surface area contributed by atoms with E-state index in [9.17, 15) is 0 Å². The molecule has 0 atom stereocenters. The van der Waals surface area contributed by atoms with Gasteiger partial charge in [0.15, 0.2) is 0 Å². The summed E-state index contributed by atoms with van der Waals surface area (Å²) in [5, 5.41) is 0. The van der Waals surface area contributed by atoms with Gasteiger partial charge in [-0.25, -0.2) is 4.98 Å². The van der Waals surface area contributed by atoms with E-state index in [2.05, 4.69) is 25.9 Å². The largest absolute Gasteiger partial charge is 0.480 e. The van der Waals surface area contributed by atoms with Gasteiger partial charge in [-0.15, -0.1) is 0 Å². The van der Waals surface area contributed by atoms with E-state index in [1.165, 1.54) is 0 Å². The summed E-state index contributed by atoms with van der Waals surface area (Å²) in [5.41, 5.74) is 3.12. The third kappa shape index (κ3) is 2.07. The highest BCUT2D eigenvalue weighted by atomic mass is 79.9. The maximum atomic E-state index is 5.15. The zero-order valence-corrected chi connectivity index (χ0v) is 10.7. The molecule has 0 N–H and O–H groups in total. The molecular formula is C12H11BrN2O. The smallest absolute Gasteiger partial charge is 0.227 e. The Morgan fingerprint density at radius 1 is 1.25 bits per heavy atom. The fraction of sp³-hybridized carbons (Fsp3) is 0.167. The summed E-state index contributed by atoms with van der Waals surface area (Å²) >= 11 is 3.44. The van der Waals surface area contributed by atoms with Crippen LogP contribution in [-0.4, -0.2) is 17.1 Å². The number of ether oxygens (including phenoxy) is 1. The fourth-order valence-corrected chi connectivity index (χ4v) is 2.01. The van der Waals surface area contributed by atoms with Crippen molar-refractivity contribution in [3.8, 4) is 17.0 Å². The molecule has 0 aromatic carbocycles. The molecule has 4 heteroatoms. The molecule has 0 fully saturated rings. The number of aryl methyl sites for hydroxylation is 1. The molecule has 0 aliphatic rings. The third-order valence-corrected chi connectivity index (χ3v) is 2.89. The molecule has 0 radical (unpaired) electrons. The molecule has 0 bridgehead atoms. The quantitative estimate of drug-likeness (QED) is 0.846. The first-order chi connectivity index (χ1) is 7.72. The SMILES string of the molecule is COc1nc(C)c(-c2ccncc2)cc1Br. The minimum absolute atomic E-state index is 0.607. The van der Waals surface area contributed by atoms with Crippen molar-refractivity contribution in [2.75, 3.05) is 7.11 Å². The number of halogens is 1. The lowest BCUT2D eigenvalue weighted by molar-refractivity contribution is 0.394. The summed E-state index contributed by atoms with van der Waals surface area (Å²) in [7, 11) is 1.61. The van der Waals surface area contributed by atoms with E-state index in [0.29, 0.717) is 5.88 Å². The van der Waals surface area contributed by atoms with Gasteiger partial charge in [-0.2, -0.15) is 0 Å². The predicted octanol–water partition coefficient (Wildman–Crippen LogP) is 3.22. The van der Waals surface area contributed by atoms with Crippen molar-refractivity contribution >= 4 is 15.9 Å². The maximum absolute atomic E-state index is 5.15. The van der Waals surface area contributed by atoms with E-state index in [-0.39, 0.29) is 0 Å². The second-order valence-corrected chi connectivity index (χ2v) is 4.20. The summed E-state index contributed by atoms with van der Waals surface area (Å²) in [6.07, 6.45) is 3.54. The normalized spacial score (nSPS) is 10.2. The predicted molar refractivity (Wildman–Crippen MR) is 66.5 cm³/mol. The lowest BCUT2D eigenvalue weighted by Crippen LogP contribution is -1.94. The summed E-state index contributed by atoms with van der Waals surface area (Å²) in [6, 6.07) is 5.93. The van der Waals surface area contributed by atoms with Gasteiger partial charge < -0.3 is 4.74 Å². The molecule has 2 rings (SSSR count). The number of hydrogen-bond acceptors (Lipinski definition) is 3. The van der Waals surface area contributed by atoms with Crippen LogP contribution in [0.2, 0.25) is 0 Å². The van der Waals surface area contributed by atoms with Crippen LogP contribution in [0.15, 0.2) is 35.1 Å². The van der Waals surface area contributed by atoms with E-state index in [0.717, 1.165) is 21.3 Å². The third-order valence-electron chi connectivity index (χ3n) is 2.32. The Bertz CT molecular complexity index is 500. The van der Waals surface area contributed by atoms with Gasteiger partial charge in [0.2, 0.25) is 5.88 Å². The molecule has 0 saturated heterocycles. The molecule has 2 heterocycles. The van der Waals surface area contributed by atoms with Gasteiger partial charge in [-0.1, -0.05) is 0 Å². The van der Waals surface area contributed by atoms with Crippen LogP contribution in [0.4, 0.5) is 0 Å². The van der Waals surface area contributed by atoms with Crippen molar-refractivity contribution in [2.45, 2.75) is 6.92 Å². The number of methoxy groups -OCH3 is 1. The first-order valence-corrected chi connectivity index (χ1v) is 5.63. The van der Waals surface area contributed by atoms with E-state index >= 15 is 0 Å². The highest BCUT2D eigenvalue weighted by Gasteiger charge is 2.08. The van der Waals surface area contributed by atoms with Gasteiger partial charge in [0.25, 0.3) is 0 Å². The summed E-state index contributed by atoms with van der Waals surface area (Å²) in [5.74, 6) is 0.607. The Balaban J connectivity index is 2.55. The van der Waals surface area contributed by atoms with Gasteiger partial charge in [0.05, 0.1) is 11.6 Å². The molecule has 82 valence electrons. The van der Waals surface area contributed by atoms with Crippen molar-refractivity contribution in [2.24, 2.45) is 0 Å². The Labute approximate surface area is 103 Å². The second-order valence-electron chi connectivity index (χ2n) is 3.35. The molecular weight excluding hydrogens is 268 g/mol. The summed E-state index contributed by atoms with van der Waals surface area (Å²) in [4.78, 5) is 8.38. The van der Waals surface area contributed by atoms with Gasteiger partial charge in [0, 0.05) is 23.7 Å². The van der Waals surface area contributed by atoms with Crippen LogP contribution in [0, 0.1) is 6.92 Å². The fourth-order valence-electron chi connectivity index (χ4n) is 1.53. The first kappa shape index (κ1) is 11.1. The minimum Gasteiger partial charge on any atom is -0.480 e. The molecule has 2 aromatic heterocycles. The van der Waals surface area contributed by atoms with Crippen LogP contribution < -0.4 is 4.74 Å². The van der Waals surface area contributed by atoms with Gasteiger partial charge in [-0.05, 0) is 46.6 Å². The zero-order chi connectivity index (χ0) is 11.5.